The molecule has 0 radical (unpaired) electrons. The maximum absolute atomic E-state index is 12.6. The van der Waals surface area contributed by atoms with Crippen LogP contribution >= 0.6 is 11.6 Å². The Morgan fingerprint density at radius 1 is 0.931 bits per heavy atom. The molecular formula is C20H27ClN2O4S2. The average molecular weight is 459 g/mol. The van der Waals surface area contributed by atoms with Gasteiger partial charge in [-0.25, -0.2) is 26.3 Å². The van der Waals surface area contributed by atoms with Crippen LogP contribution in [0.25, 0.3) is 0 Å². The minimum atomic E-state index is -3.72. The summed E-state index contributed by atoms with van der Waals surface area (Å²) in [6, 6.07) is 13.4. The standard InChI is InChI=1S/C20H27ClN2O4S2/c1-16(2)23-28(24,25)15-19-8-4-3-7-18(19)14-22-29(26,27)20-11-9-17(10-12-20)6-5-13-21/h3-4,7-12,16,22-23H,5-6,13-15H2,1-2H3. The molecule has 2 aromatic rings. The molecule has 0 aliphatic rings. The van der Waals surface area contributed by atoms with Crippen LogP contribution in [0.3, 0.4) is 0 Å². The summed E-state index contributed by atoms with van der Waals surface area (Å²) in [6.45, 7) is 3.50. The van der Waals surface area contributed by atoms with Crippen molar-refractivity contribution in [3.8, 4) is 0 Å². The summed E-state index contributed by atoms with van der Waals surface area (Å²) in [6.07, 6.45) is 1.63. The largest absolute Gasteiger partial charge is 0.240 e. The van der Waals surface area contributed by atoms with E-state index < -0.39 is 20.0 Å². The molecule has 0 aliphatic carbocycles. The molecule has 9 heteroatoms. The third kappa shape index (κ3) is 7.71. The maximum atomic E-state index is 12.6. The van der Waals surface area contributed by atoms with E-state index in [-0.39, 0.29) is 23.2 Å². The number of hydrogen-bond acceptors (Lipinski definition) is 4. The van der Waals surface area contributed by atoms with Gasteiger partial charge in [0.05, 0.1) is 10.6 Å². The molecule has 2 aromatic carbocycles. The predicted octanol–water partition coefficient (Wildman–Crippen LogP) is 3.16. The van der Waals surface area contributed by atoms with Gasteiger partial charge in [-0.1, -0.05) is 36.4 Å². The van der Waals surface area contributed by atoms with Crippen LogP contribution < -0.4 is 9.44 Å². The molecule has 0 saturated heterocycles. The quantitative estimate of drug-likeness (QED) is 0.506. The van der Waals surface area contributed by atoms with Gasteiger partial charge in [0.1, 0.15) is 0 Å². The molecule has 160 valence electrons. The Morgan fingerprint density at radius 2 is 1.55 bits per heavy atom. The van der Waals surface area contributed by atoms with E-state index in [9.17, 15) is 16.8 Å². The fourth-order valence-electron chi connectivity index (χ4n) is 2.84. The lowest BCUT2D eigenvalue weighted by Gasteiger charge is -2.13. The number of benzene rings is 2. The van der Waals surface area contributed by atoms with Crippen molar-refractivity contribution in [1.29, 1.82) is 0 Å². The fourth-order valence-corrected chi connectivity index (χ4v) is 5.47. The van der Waals surface area contributed by atoms with Gasteiger partial charge in [-0.2, -0.15) is 0 Å². The van der Waals surface area contributed by atoms with Gasteiger partial charge in [0.25, 0.3) is 0 Å². The van der Waals surface area contributed by atoms with E-state index in [1.54, 1.807) is 62.4 Å². The molecule has 2 rings (SSSR count). The highest BCUT2D eigenvalue weighted by atomic mass is 35.5. The number of halogens is 1. The van der Waals surface area contributed by atoms with E-state index in [4.69, 9.17) is 11.6 Å². The SMILES string of the molecule is CC(C)NS(=O)(=O)Cc1ccccc1CNS(=O)(=O)c1ccc(CCCCl)cc1. The van der Waals surface area contributed by atoms with E-state index in [0.717, 1.165) is 18.4 Å². The third-order valence-electron chi connectivity index (χ3n) is 4.16. The van der Waals surface area contributed by atoms with E-state index in [1.807, 2.05) is 0 Å². The molecule has 0 fully saturated rings. The van der Waals surface area contributed by atoms with Gasteiger partial charge in [0.15, 0.2) is 0 Å². The minimum absolute atomic E-state index is 0.00368. The summed E-state index contributed by atoms with van der Waals surface area (Å²) in [7, 11) is -7.23. The van der Waals surface area contributed by atoms with Crippen LogP contribution in [0.15, 0.2) is 53.4 Å². The van der Waals surface area contributed by atoms with Crippen molar-refractivity contribution in [3.05, 3.63) is 65.2 Å². The van der Waals surface area contributed by atoms with Crippen molar-refractivity contribution in [2.45, 2.75) is 49.9 Å². The van der Waals surface area contributed by atoms with Gasteiger partial charge in [0, 0.05) is 18.5 Å². The maximum Gasteiger partial charge on any atom is 0.240 e. The van der Waals surface area contributed by atoms with Crippen molar-refractivity contribution >= 4 is 31.6 Å². The highest BCUT2D eigenvalue weighted by Crippen LogP contribution is 2.16. The summed E-state index contributed by atoms with van der Waals surface area (Å²) in [5.41, 5.74) is 2.20. The van der Waals surface area contributed by atoms with Crippen molar-refractivity contribution in [2.24, 2.45) is 0 Å². The Morgan fingerprint density at radius 3 is 2.14 bits per heavy atom. The molecule has 2 N–H and O–H groups in total. The van der Waals surface area contributed by atoms with Crippen molar-refractivity contribution in [2.75, 3.05) is 5.88 Å². The second-order valence-corrected chi connectivity index (χ2v) is 11.0. The van der Waals surface area contributed by atoms with Crippen molar-refractivity contribution in [1.82, 2.24) is 9.44 Å². The molecule has 0 unspecified atom stereocenters. The molecule has 0 spiro atoms. The van der Waals surface area contributed by atoms with E-state index in [1.165, 1.54) is 0 Å². The van der Waals surface area contributed by atoms with Gasteiger partial charge in [0.2, 0.25) is 20.0 Å². The lowest BCUT2D eigenvalue weighted by molar-refractivity contribution is 0.568. The lowest BCUT2D eigenvalue weighted by Crippen LogP contribution is -2.32. The normalized spacial score (nSPS) is 12.4. The number of rotatable bonds is 11. The Labute approximate surface area is 178 Å². The highest BCUT2D eigenvalue weighted by Gasteiger charge is 2.18. The highest BCUT2D eigenvalue weighted by molar-refractivity contribution is 7.89. The molecule has 0 atom stereocenters. The second-order valence-electron chi connectivity index (χ2n) is 7.06. The molecule has 0 amide bonds. The fraction of sp³-hybridized carbons (Fsp3) is 0.400. The average Bonchev–Trinajstić information content (AvgIpc) is 2.64. The molecular weight excluding hydrogens is 432 g/mol. The van der Waals surface area contributed by atoms with Gasteiger partial charge < -0.3 is 0 Å². The first-order valence-electron chi connectivity index (χ1n) is 9.34. The molecule has 0 saturated carbocycles. The number of hydrogen-bond donors (Lipinski definition) is 2. The Hall–Kier alpha value is -1.45. The molecule has 0 aliphatic heterocycles. The Kier molecular flexibility index (Phi) is 8.66. The summed E-state index contributed by atoms with van der Waals surface area (Å²) < 4.78 is 54.8. The summed E-state index contributed by atoms with van der Waals surface area (Å²) >= 11 is 5.68. The first-order valence-corrected chi connectivity index (χ1v) is 13.0. The predicted molar refractivity (Wildman–Crippen MR) is 117 cm³/mol. The van der Waals surface area contributed by atoms with Crippen LogP contribution in [0.1, 0.15) is 37.0 Å². The summed E-state index contributed by atoms with van der Waals surface area (Å²) in [5.74, 6) is 0.349. The number of nitrogens with one attached hydrogen (secondary N) is 2. The zero-order chi connectivity index (χ0) is 21.5. The van der Waals surface area contributed by atoms with Crippen LogP contribution in [-0.4, -0.2) is 28.8 Å². The zero-order valence-electron chi connectivity index (χ0n) is 16.6. The van der Waals surface area contributed by atoms with Gasteiger partial charge in [-0.15, -0.1) is 11.6 Å². The van der Waals surface area contributed by atoms with Gasteiger partial charge in [-0.3, -0.25) is 0 Å². The van der Waals surface area contributed by atoms with E-state index >= 15 is 0 Å². The smallest absolute Gasteiger partial charge is 0.212 e. The zero-order valence-corrected chi connectivity index (χ0v) is 18.9. The Bertz CT molecular complexity index is 1010. The summed E-state index contributed by atoms with van der Waals surface area (Å²) in [4.78, 5) is 0.165. The van der Waals surface area contributed by atoms with E-state index in [0.29, 0.717) is 17.0 Å². The summed E-state index contributed by atoms with van der Waals surface area (Å²) in [5, 5.41) is 0. The van der Waals surface area contributed by atoms with Crippen LogP contribution in [0.5, 0.6) is 0 Å². The topological polar surface area (TPSA) is 92.3 Å². The van der Waals surface area contributed by atoms with Crippen LogP contribution in [0, 0.1) is 0 Å². The lowest BCUT2D eigenvalue weighted by atomic mass is 10.1. The molecule has 0 aromatic heterocycles. The van der Waals surface area contributed by atoms with Crippen LogP contribution in [0.2, 0.25) is 0 Å². The number of aryl methyl sites for hydroxylation is 1. The monoisotopic (exact) mass is 458 g/mol. The first-order chi connectivity index (χ1) is 13.6. The Balaban J connectivity index is 2.11. The van der Waals surface area contributed by atoms with Crippen LogP contribution in [-0.2, 0) is 38.8 Å². The third-order valence-corrected chi connectivity index (χ3v) is 7.37. The molecule has 0 heterocycles. The minimum Gasteiger partial charge on any atom is -0.212 e. The van der Waals surface area contributed by atoms with Gasteiger partial charge in [-0.05, 0) is 55.5 Å². The molecule has 6 nitrogen and oxygen atoms in total. The van der Waals surface area contributed by atoms with Crippen molar-refractivity contribution in [3.63, 3.8) is 0 Å². The van der Waals surface area contributed by atoms with Gasteiger partial charge >= 0.3 is 0 Å². The van der Waals surface area contributed by atoms with E-state index in [2.05, 4.69) is 9.44 Å². The number of sulfonamides is 2. The molecule has 0 bridgehead atoms. The number of alkyl halides is 1. The molecule has 29 heavy (non-hydrogen) atoms. The van der Waals surface area contributed by atoms with Crippen molar-refractivity contribution < 1.29 is 16.8 Å². The second kappa shape index (κ2) is 10.5. The first kappa shape index (κ1) is 23.8. The van der Waals surface area contributed by atoms with Crippen LogP contribution in [0.4, 0.5) is 0 Å².